The van der Waals surface area contributed by atoms with Crippen LogP contribution in [0.4, 0.5) is 9.59 Å². The van der Waals surface area contributed by atoms with Crippen molar-refractivity contribution in [2.75, 3.05) is 0 Å². The minimum Gasteiger partial charge on any atom is -0.444 e. The molecule has 0 radical (unpaired) electrons. The molecule has 4 amide bonds. The molecule has 20 nitrogen and oxygen atoms in total. The van der Waals surface area contributed by atoms with Crippen molar-refractivity contribution < 1.29 is 47.9 Å². The maximum absolute atomic E-state index is 13.0. The van der Waals surface area contributed by atoms with Gasteiger partial charge in [-0.25, -0.2) is 9.59 Å². The highest BCUT2D eigenvalue weighted by atomic mass is 16.6. The molecule has 6 aromatic rings. The number of aliphatic hydroxyl groups excluding tert-OH is 2. The van der Waals surface area contributed by atoms with Gasteiger partial charge in [0.2, 0.25) is 0 Å². The molecule has 0 saturated carbocycles. The average molecular weight is 1050 g/mol. The van der Waals surface area contributed by atoms with Crippen LogP contribution in [0.3, 0.4) is 0 Å². The number of aromatic nitrogens is 6. The van der Waals surface area contributed by atoms with Crippen LogP contribution in [0.25, 0.3) is 22.5 Å². The van der Waals surface area contributed by atoms with Gasteiger partial charge in [-0.05, 0) is 38.8 Å². The molecule has 6 rings (SSSR count). The highest BCUT2D eigenvalue weighted by Gasteiger charge is 2.34. The van der Waals surface area contributed by atoms with Crippen molar-refractivity contribution in [2.24, 2.45) is 10.8 Å². The number of unbranched alkanes of at least 4 members (excludes halogenated alkanes) is 2. The van der Waals surface area contributed by atoms with Crippen molar-refractivity contribution in [1.82, 2.24) is 51.1 Å². The fraction of sp³-hybridized carbons (Fsp3) is 0.500. The maximum atomic E-state index is 13.0. The van der Waals surface area contributed by atoms with Crippen LogP contribution in [0, 0.1) is 24.7 Å². The summed E-state index contributed by atoms with van der Waals surface area (Å²) in [5.74, 6) is -0.314. The Morgan fingerprint density at radius 1 is 0.579 bits per heavy atom. The first-order valence-corrected chi connectivity index (χ1v) is 26.0. The fourth-order valence-corrected chi connectivity index (χ4v) is 7.68. The molecule has 0 aliphatic heterocycles. The lowest BCUT2D eigenvalue weighted by Crippen LogP contribution is -2.51. The lowest BCUT2D eigenvalue weighted by atomic mass is 9.89. The van der Waals surface area contributed by atoms with E-state index in [2.05, 4.69) is 41.8 Å². The van der Waals surface area contributed by atoms with E-state index in [1.165, 1.54) is 23.5 Å². The Bertz CT molecular complexity index is 2490. The van der Waals surface area contributed by atoms with Crippen LogP contribution >= 0.6 is 0 Å². The van der Waals surface area contributed by atoms with Crippen molar-refractivity contribution >= 4 is 24.0 Å². The first-order valence-electron chi connectivity index (χ1n) is 26.0. The molecular formula is C56H78N10O10. The van der Waals surface area contributed by atoms with Gasteiger partial charge in [0, 0.05) is 46.5 Å². The van der Waals surface area contributed by atoms with Crippen molar-refractivity contribution in [2.45, 2.75) is 170 Å². The van der Waals surface area contributed by atoms with Gasteiger partial charge in [-0.15, -0.1) is 0 Å². The minimum atomic E-state index is -1.45. The van der Waals surface area contributed by atoms with E-state index in [-0.39, 0.29) is 23.9 Å². The summed E-state index contributed by atoms with van der Waals surface area (Å²) in [6.07, 6.45) is 5.29. The van der Waals surface area contributed by atoms with E-state index >= 15 is 0 Å². The lowest BCUT2D eigenvalue weighted by molar-refractivity contribution is -0.131. The molecule has 4 heterocycles. The molecule has 412 valence electrons. The monoisotopic (exact) mass is 1050 g/mol. The Morgan fingerprint density at radius 2 is 0.947 bits per heavy atom. The number of nitrogens with zero attached hydrogens (tertiary/aromatic N) is 6. The molecule has 6 atom stereocenters. The van der Waals surface area contributed by atoms with Gasteiger partial charge >= 0.3 is 12.2 Å². The number of nitrogens with one attached hydrogen (secondary N) is 4. The number of aliphatic hydroxyl groups is 2. The van der Waals surface area contributed by atoms with Crippen LogP contribution in [0.2, 0.25) is 0 Å². The summed E-state index contributed by atoms with van der Waals surface area (Å²) in [5.41, 5.74) is 5.26. The third-order valence-corrected chi connectivity index (χ3v) is 12.6. The van der Waals surface area contributed by atoms with Crippen molar-refractivity contribution in [3.8, 4) is 22.5 Å². The molecule has 4 aromatic heterocycles. The van der Waals surface area contributed by atoms with Crippen LogP contribution in [-0.2, 0) is 45.2 Å². The molecule has 0 aliphatic carbocycles. The number of alkyl carbamates (subject to hydrolysis) is 2. The Morgan fingerprint density at radius 3 is 1.26 bits per heavy atom. The number of carbonyl (C=O) groups is 4. The summed E-state index contributed by atoms with van der Waals surface area (Å²) in [6, 6.07) is 21.7. The van der Waals surface area contributed by atoms with E-state index < -0.39 is 60.5 Å². The van der Waals surface area contributed by atoms with E-state index in [0.29, 0.717) is 37.5 Å². The summed E-state index contributed by atoms with van der Waals surface area (Å²) < 4.78 is 25.1. The van der Waals surface area contributed by atoms with Gasteiger partial charge in [0.1, 0.15) is 12.2 Å². The number of hydrogen-bond donors (Lipinski definition) is 6. The van der Waals surface area contributed by atoms with Crippen LogP contribution in [-0.4, -0.2) is 101 Å². The van der Waals surface area contributed by atoms with E-state index in [1.807, 2.05) is 142 Å². The van der Waals surface area contributed by atoms with Gasteiger partial charge in [-0.2, -0.15) is 10.2 Å². The van der Waals surface area contributed by atoms with Gasteiger partial charge in [0.25, 0.3) is 11.8 Å². The number of aryl methyl sites for hydroxylation is 2. The Kier molecular flexibility index (Phi) is 22.4. The first-order chi connectivity index (χ1) is 36.1. The third-order valence-electron chi connectivity index (χ3n) is 12.6. The second-order valence-electron chi connectivity index (χ2n) is 21.2. The van der Waals surface area contributed by atoms with E-state index in [4.69, 9.17) is 18.5 Å². The largest absolute Gasteiger partial charge is 0.444 e. The topological polar surface area (TPSA) is 263 Å². The van der Waals surface area contributed by atoms with Gasteiger partial charge in [0.05, 0.1) is 62.0 Å². The molecule has 0 spiro atoms. The SMILES string of the molecule is CCCC[C@H](NC(=O)O[C@H](Cn1ccc(-c2ccc(C)cc2)n1)C(C)(C)C)[C@@H](O)C(=O)NCc1ccno1.CCCC[C@H](NC(=O)O[C@H](Cn1ccc(-c2ccc(C)cc2)n1)C(C)(C)C)[C@H](O)C(=O)NCc1ccno1. The second kappa shape index (κ2) is 28.5. The Hall–Kier alpha value is -7.32. The number of amides is 4. The summed E-state index contributed by atoms with van der Waals surface area (Å²) in [7, 11) is 0. The van der Waals surface area contributed by atoms with E-state index in [0.717, 1.165) is 48.2 Å². The molecule has 0 unspecified atom stereocenters. The molecule has 6 N–H and O–H groups in total. The molecule has 2 aromatic carbocycles. The number of ether oxygens (including phenoxy) is 2. The van der Waals surface area contributed by atoms with Crippen LogP contribution in [0.15, 0.2) is 107 Å². The van der Waals surface area contributed by atoms with Crippen molar-refractivity contribution in [1.29, 1.82) is 0 Å². The average Bonchev–Trinajstić information content (AvgIpc) is 4.25. The van der Waals surface area contributed by atoms with Gasteiger partial charge in [-0.1, -0.05) is 151 Å². The van der Waals surface area contributed by atoms with Crippen molar-refractivity contribution in [3.63, 3.8) is 0 Å². The number of benzene rings is 2. The van der Waals surface area contributed by atoms with Crippen LogP contribution < -0.4 is 21.3 Å². The van der Waals surface area contributed by atoms with E-state index in [1.54, 1.807) is 21.5 Å². The second-order valence-corrected chi connectivity index (χ2v) is 21.2. The standard InChI is InChI=1S/2C28H39N5O5/c2*1-6-7-8-23(25(34)26(35)29-17-21-13-15-30-38-21)31-27(36)37-24(28(3,4)5)18-33-16-14-22(32-33)20-11-9-19(2)10-12-20/h2*9-16,23-25,34H,6-8,17-18H2,1-5H3,(H,29,35)(H,31,36)/t23-,24+,25+;23-,24+,25-/m00/s1. The Labute approximate surface area is 445 Å². The highest BCUT2D eigenvalue weighted by Crippen LogP contribution is 2.27. The molecule has 0 bridgehead atoms. The molecule has 0 aliphatic rings. The predicted molar refractivity (Wildman–Crippen MR) is 286 cm³/mol. The summed E-state index contributed by atoms with van der Waals surface area (Å²) in [6.45, 7) is 20.8. The number of carbonyl (C=O) groups excluding carboxylic acids is 4. The minimum absolute atomic E-state index is 0.0847. The van der Waals surface area contributed by atoms with E-state index in [9.17, 15) is 29.4 Å². The molecule has 76 heavy (non-hydrogen) atoms. The number of hydrogen-bond acceptors (Lipinski definition) is 14. The Balaban J connectivity index is 0.000000281. The third kappa shape index (κ3) is 19.1. The zero-order valence-electron chi connectivity index (χ0n) is 45.6. The first kappa shape index (κ1) is 59.6. The molecule has 0 saturated heterocycles. The van der Waals surface area contributed by atoms with Gasteiger partial charge in [-0.3, -0.25) is 19.0 Å². The molecule has 20 heteroatoms. The number of rotatable bonds is 24. The predicted octanol–water partition coefficient (Wildman–Crippen LogP) is 8.45. The van der Waals surface area contributed by atoms with Gasteiger partial charge in [0.15, 0.2) is 23.7 Å². The maximum Gasteiger partial charge on any atom is 0.407 e. The summed E-state index contributed by atoms with van der Waals surface area (Å²) >= 11 is 0. The zero-order chi connectivity index (χ0) is 55.4. The quantitative estimate of drug-likeness (QED) is 0.0332. The zero-order valence-corrected chi connectivity index (χ0v) is 45.6. The van der Waals surface area contributed by atoms with Crippen molar-refractivity contribution in [3.05, 3.63) is 120 Å². The van der Waals surface area contributed by atoms with Crippen LogP contribution in [0.1, 0.15) is 117 Å². The van der Waals surface area contributed by atoms with Gasteiger partial charge < -0.3 is 50.0 Å². The summed E-state index contributed by atoms with van der Waals surface area (Å²) in [5, 5.41) is 48.5. The lowest BCUT2D eigenvalue weighted by Gasteiger charge is -2.31. The molecular weight excluding hydrogens is 973 g/mol. The summed E-state index contributed by atoms with van der Waals surface area (Å²) in [4.78, 5) is 51.0. The molecule has 0 fully saturated rings. The van der Waals surface area contributed by atoms with Crippen LogP contribution in [0.5, 0.6) is 0 Å². The normalized spacial score (nSPS) is 13.9. The fourth-order valence-electron chi connectivity index (χ4n) is 7.68. The highest BCUT2D eigenvalue weighted by molar-refractivity contribution is 5.82. The smallest absolute Gasteiger partial charge is 0.407 e.